The van der Waals surface area contributed by atoms with Gasteiger partial charge >= 0.3 is 0 Å². The summed E-state index contributed by atoms with van der Waals surface area (Å²) in [7, 11) is 1.61. The third-order valence-electron chi connectivity index (χ3n) is 3.92. The van der Waals surface area contributed by atoms with Crippen LogP contribution < -0.4 is 0 Å². The Kier molecular flexibility index (Phi) is 4.25. The van der Waals surface area contributed by atoms with E-state index in [1.807, 2.05) is 0 Å². The maximum absolute atomic E-state index is 13.7. The van der Waals surface area contributed by atoms with Crippen LogP contribution in [-0.2, 0) is 11.2 Å². The first kappa shape index (κ1) is 13.8. The Labute approximate surface area is 112 Å². The normalized spacial score (nSPS) is 20.0. The van der Waals surface area contributed by atoms with Crippen molar-refractivity contribution in [2.24, 2.45) is 0 Å². The molecule has 4 heteroatoms. The van der Waals surface area contributed by atoms with E-state index in [2.05, 4.69) is 0 Å². The molecule has 0 saturated heterocycles. The zero-order valence-corrected chi connectivity index (χ0v) is 11.2. The van der Waals surface area contributed by atoms with E-state index < -0.39 is 11.7 Å². The third kappa shape index (κ3) is 2.53. The van der Waals surface area contributed by atoms with Crippen LogP contribution in [0.5, 0.6) is 0 Å². The predicted octanol–water partition coefficient (Wildman–Crippen LogP) is 3.34. The summed E-state index contributed by atoms with van der Waals surface area (Å²) in [6.45, 7) is 0. The first-order chi connectivity index (χ1) is 8.59. The Bertz CT molecular complexity index is 396. The number of benzene rings is 1. The van der Waals surface area contributed by atoms with E-state index in [1.165, 1.54) is 6.07 Å². The van der Waals surface area contributed by atoms with Crippen LogP contribution in [-0.4, -0.2) is 23.9 Å². The Balaban J connectivity index is 2.18. The maximum atomic E-state index is 13.7. The van der Waals surface area contributed by atoms with Crippen molar-refractivity contribution in [3.8, 4) is 0 Å². The molecule has 100 valence electrons. The molecule has 0 radical (unpaired) electrons. The fourth-order valence-electron chi connectivity index (χ4n) is 2.75. The Hall–Kier alpha value is -0.640. The maximum Gasteiger partial charge on any atom is 0.127 e. The van der Waals surface area contributed by atoms with Crippen LogP contribution >= 0.6 is 11.6 Å². The van der Waals surface area contributed by atoms with E-state index in [0.717, 1.165) is 25.7 Å². The highest BCUT2D eigenvalue weighted by atomic mass is 35.5. The molecular weight excluding hydrogens is 255 g/mol. The second-order valence-corrected chi connectivity index (χ2v) is 5.30. The lowest BCUT2D eigenvalue weighted by Crippen LogP contribution is -2.43. The van der Waals surface area contributed by atoms with Crippen LogP contribution in [0.3, 0.4) is 0 Å². The molecule has 1 aliphatic carbocycles. The zero-order chi connectivity index (χ0) is 13.2. The van der Waals surface area contributed by atoms with Crippen molar-refractivity contribution in [1.29, 1.82) is 0 Å². The van der Waals surface area contributed by atoms with Gasteiger partial charge < -0.3 is 9.84 Å². The molecule has 1 N–H and O–H groups in total. The molecule has 0 aliphatic heterocycles. The summed E-state index contributed by atoms with van der Waals surface area (Å²) in [5, 5.41) is 10.7. The smallest absolute Gasteiger partial charge is 0.127 e. The molecule has 1 aliphatic rings. The van der Waals surface area contributed by atoms with Gasteiger partial charge in [-0.1, -0.05) is 30.5 Å². The van der Waals surface area contributed by atoms with Crippen LogP contribution in [0.15, 0.2) is 18.2 Å². The van der Waals surface area contributed by atoms with Gasteiger partial charge in [-0.2, -0.15) is 0 Å². The Morgan fingerprint density at radius 1 is 1.44 bits per heavy atom. The second kappa shape index (κ2) is 5.55. The molecule has 1 saturated carbocycles. The van der Waals surface area contributed by atoms with Gasteiger partial charge in [0.15, 0.2) is 0 Å². The summed E-state index contributed by atoms with van der Waals surface area (Å²) >= 11 is 5.98. The zero-order valence-electron chi connectivity index (χ0n) is 10.5. The van der Waals surface area contributed by atoms with Crippen molar-refractivity contribution in [3.05, 3.63) is 34.6 Å². The van der Waals surface area contributed by atoms with Gasteiger partial charge in [0.2, 0.25) is 0 Å². The van der Waals surface area contributed by atoms with Crippen LogP contribution in [0.25, 0.3) is 0 Å². The van der Waals surface area contributed by atoms with E-state index in [4.69, 9.17) is 16.3 Å². The van der Waals surface area contributed by atoms with E-state index in [9.17, 15) is 9.50 Å². The number of rotatable bonds is 4. The molecule has 0 amide bonds. The van der Waals surface area contributed by atoms with Crippen LogP contribution in [0.4, 0.5) is 4.39 Å². The number of hydrogen-bond acceptors (Lipinski definition) is 2. The molecule has 18 heavy (non-hydrogen) atoms. The van der Waals surface area contributed by atoms with Crippen LogP contribution in [0, 0.1) is 5.82 Å². The molecule has 1 aromatic carbocycles. The lowest BCUT2D eigenvalue weighted by molar-refractivity contribution is -0.0973. The average molecular weight is 273 g/mol. The summed E-state index contributed by atoms with van der Waals surface area (Å²) in [4.78, 5) is 0. The van der Waals surface area contributed by atoms with E-state index >= 15 is 0 Å². The summed E-state index contributed by atoms with van der Waals surface area (Å²) < 4.78 is 19.2. The van der Waals surface area contributed by atoms with Crippen molar-refractivity contribution in [2.75, 3.05) is 7.11 Å². The van der Waals surface area contributed by atoms with Gasteiger partial charge in [0, 0.05) is 24.1 Å². The lowest BCUT2D eigenvalue weighted by atomic mass is 9.89. The molecule has 1 fully saturated rings. The SMILES string of the molecule is COC1(C(O)Cc2c(F)cccc2Cl)CCCC1. The highest BCUT2D eigenvalue weighted by Gasteiger charge is 2.41. The quantitative estimate of drug-likeness (QED) is 0.911. The van der Waals surface area contributed by atoms with E-state index in [0.29, 0.717) is 10.6 Å². The summed E-state index contributed by atoms with van der Waals surface area (Å²) in [6, 6.07) is 4.57. The first-order valence-corrected chi connectivity index (χ1v) is 6.63. The molecule has 0 bridgehead atoms. The number of aliphatic hydroxyl groups is 1. The Morgan fingerprint density at radius 3 is 2.67 bits per heavy atom. The minimum atomic E-state index is -0.723. The topological polar surface area (TPSA) is 29.5 Å². The fourth-order valence-corrected chi connectivity index (χ4v) is 2.99. The second-order valence-electron chi connectivity index (χ2n) is 4.90. The molecule has 1 atom stereocenters. The standard InChI is InChI=1S/C14H18ClFO2/c1-18-14(7-2-3-8-14)13(17)9-10-11(15)5-4-6-12(10)16/h4-6,13,17H,2-3,7-9H2,1H3. The average Bonchev–Trinajstić information content (AvgIpc) is 2.84. The number of aliphatic hydroxyl groups excluding tert-OH is 1. The van der Waals surface area contributed by atoms with Crippen molar-refractivity contribution < 1.29 is 14.2 Å². The third-order valence-corrected chi connectivity index (χ3v) is 4.28. The minimum absolute atomic E-state index is 0.194. The van der Waals surface area contributed by atoms with Crippen molar-refractivity contribution >= 4 is 11.6 Å². The Morgan fingerprint density at radius 2 is 2.11 bits per heavy atom. The summed E-state index contributed by atoms with van der Waals surface area (Å²) in [5.74, 6) is -0.370. The van der Waals surface area contributed by atoms with E-state index in [-0.39, 0.29) is 12.2 Å². The highest BCUT2D eigenvalue weighted by Crippen LogP contribution is 2.37. The van der Waals surface area contributed by atoms with Gasteiger partial charge in [-0.25, -0.2) is 4.39 Å². The van der Waals surface area contributed by atoms with Gasteiger partial charge in [0.25, 0.3) is 0 Å². The van der Waals surface area contributed by atoms with Crippen LogP contribution in [0.2, 0.25) is 5.02 Å². The van der Waals surface area contributed by atoms with Crippen molar-refractivity contribution in [1.82, 2.24) is 0 Å². The van der Waals surface area contributed by atoms with Crippen molar-refractivity contribution in [2.45, 2.75) is 43.8 Å². The number of hydrogen-bond donors (Lipinski definition) is 1. The summed E-state index contributed by atoms with van der Waals surface area (Å²) in [6.07, 6.45) is 3.18. The molecule has 2 nitrogen and oxygen atoms in total. The lowest BCUT2D eigenvalue weighted by Gasteiger charge is -2.33. The molecule has 1 unspecified atom stereocenters. The predicted molar refractivity (Wildman–Crippen MR) is 69.3 cm³/mol. The van der Waals surface area contributed by atoms with Gasteiger partial charge in [-0.3, -0.25) is 0 Å². The van der Waals surface area contributed by atoms with Crippen molar-refractivity contribution in [3.63, 3.8) is 0 Å². The molecule has 0 spiro atoms. The largest absolute Gasteiger partial charge is 0.390 e. The van der Waals surface area contributed by atoms with Gasteiger partial charge in [0.1, 0.15) is 5.82 Å². The number of ether oxygens (including phenoxy) is 1. The molecular formula is C14H18ClFO2. The molecule has 0 heterocycles. The highest BCUT2D eigenvalue weighted by molar-refractivity contribution is 6.31. The molecule has 0 aromatic heterocycles. The first-order valence-electron chi connectivity index (χ1n) is 6.25. The van der Waals surface area contributed by atoms with Gasteiger partial charge in [-0.15, -0.1) is 0 Å². The van der Waals surface area contributed by atoms with E-state index in [1.54, 1.807) is 19.2 Å². The fraction of sp³-hybridized carbons (Fsp3) is 0.571. The molecule has 1 aromatic rings. The monoisotopic (exact) mass is 272 g/mol. The number of methoxy groups -OCH3 is 1. The minimum Gasteiger partial charge on any atom is -0.390 e. The summed E-state index contributed by atoms with van der Waals surface area (Å²) in [5.41, 5.74) is -0.166. The van der Waals surface area contributed by atoms with Crippen LogP contribution in [0.1, 0.15) is 31.2 Å². The number of halogens is 2. The van der Waals surface area contributed by atoms with Gasteiger partial charge in [-0.05, 0) is 25.0 Å². The van der Waals surface area contributed by atoms with Gasteiger partial charge in [0.05, 0.1) is 11.7 Å². The molecule has 2 rings (SSSR count).